The number of nitrogens with zero attached hydrogens (tertiary/aromatic N) is 3. The molecule has 0 amide bonds. The highest BCUT2D eigenvalue weighted by atomic mass is 16.5. The zero-order chi connectivity index (χ0) is 17.6. The van der Waals surface area contributed by atoms with Crippen LogP contribution < -0.4 is 10.1 Å². The molecule has 0 spiro atoms. The molecule has 3 rings (SSSR count). The molecule has 0 saturated carbocycles. The summed E-state index contributed by atoms with van der Waals surface area (Å²) in [6, 6.07) is 13.8. The second-order valence-electron chi connectivity index (χ2n) is 5.73. The van der Waals surface area contributed by atoms with E-state index in [9.17, 15) is 5.11 Å². The normalized spacial score (nSPS) is 12.1. The van der Waals surface area contributed by atoms with Crippen LogP contribution in [0.5, 0.6) is 11.5 Å². The van der Waals surface area contributed by atoms with Crippen molar-refractivity contribution in [3.8, 4) is 17.2 Å². The van der Waals surface area contributed by atoms with Gasteiger partial charge in [0.2, 0.25) is 0 Å². The van der Waals surface area contributed by atoms with Gasteiger partial charge < -0.3 is 15.2 Å². The number of hydrogen-bond acceptors (Lipinski definition) is 5. The predicted octanol–water partition coefficient (Wildman–Crippen LogP) is 3.22. The summed E-state index contributed by atoms with van der Waals surface area (Å²) in [5.74, 6) is 0.720. The fraction of sp³-hybridized carbons (Fsp3) is 0.263. The van der Waals surface area contributed by atoms with Crippen LogP contribution in [0.1, 0.15) is 31.0 Å². The van der Waals surface area contributed by atoms with Crippen LogP contribution in [-0.4, -0.2) is 26.5 Å². The molecule has 0 fully saturated rings. The minimum Gasteiger partial charge on any atom is -0.504 e. The lowest BCUT2D eigenvalue weighted by atomic mass is 10.1. The van der Waals surface area contributed by atoms with Crippen LogP contribution in [0.3, 0.4) is 0 Å². The lowest BCUT2D eigenvalue weighted by Crippen LogP contribution is -2.18. The fourth-order valence-corrected chi connectivity index (χ4v) is 2.62. The van der Waals surface area contributed by atoms with Gasteiger partial charge in [0.15, 0.2) is 11.5 Å². The highest BCUT2D eigenvalue weighted by Gasteiger charge is 2.10. The molecule has 0 saturated heterocycles. The van der Waals surface area contributed by atoms with Gasteiger partial charge >= 0.3 is 0 Å². The number of hydrogen-bond donors (Lipinski definition) is 2. The van der Waals surface area contributed by atoms with Gasteiger partial charge in [-0.15, -0.1) is 0 Å². The maximum atomic E-state index is 10.3. The van der Waals surface area contributed by atoms with Crippen molar-refractivity contribution >= 4 is 0 Å². The van der Waals surface area contributed by atoms with E-state index in [-0.39, 0.29) is 11.8 Å². The summed E-state index contributed by atoms with van der Waals surface area (Å²) in [4.78, 5) is 3.95. The number of phenolic OH excluding ortho intramolecular Hbond substituents is 1. The van der Waals surface area contributed by atoms with Crippen LogP contribution in [0, 0.1) is 0 Å². The topological polar surface area (TPSA) is 72.2 Å². The Morgan fingerprint density at radius 1 is 1.20 bits per heavy atom. The van der Waals surface area contributed by atoms with Crippen molar-refractivity contribution < 1.29 is 9.84 Å². The standard InChI is InChI=1S/C19H22N4O2/c1-3-25-18-6-4-5-16(19(18)24)11-21-14(2)15-7-9-17(10-8-15)23-13-20-12-22-23/h4-10,12-14,21,24H,3,11H2,1-2H3/t14-/m1/s1. The van der Waals surface area contributed by atoms with Crippen molar-refractivity contribution in [1.29, 1.82) is 0 Å². The largest absolute Gasteiger partial charge is 0.504 e. The van der Waals surface area contributed by atoms with Gasteiger partial charge in [-0.3, -0.25) is 0 Å². The van der Waals surface area contributed by atoms with E-state index < -0.39 is 0 Å². The van der Waals surface area contributed by atoms with Crippen LogP contribution >= 0.6 is 0 Å². The molecule has 0 unspecified atom stereocenters. The van der Waals surface area contributed by atoms with Gasteiger partial charge in [0.1, 0.15) is 12.7 Å². The van der Waals surface area contributed by atoms with Crippen molar-refractivity contribution in [2.24, 2.45) is 0 Å². The number of aromatic nitrogens is 3. The molecule has 0 aliphatic carbocycles. The van der Waals surface area contributed by atoms with Gasteiger partial charge in [-0.05, 0) is 37.6 Å². The first-order valence-electron chi connectivity index (χ1n) is 8.31. The average molecular weight is 338 g/mol. The molecule has 3 aromatic rings. The molecule has 0 aliphatic heterocycles. The summed E-state index contributed by atoms with van der Waals surface area (Å²) in [7, 11) is 0. The molecule has 1 atom stereocenters. The summed E-state index contributed by atoms with van der Waals surface area (Å²) >= 11 is 0. The zero-order valence-corrected chi connectivity index (χ0v) is 14.4. The Balaban J connectivity index is 1.65. The van der Waals surface area contributed by atoms with Crippen molar-refractivity contribution in [2.75, 3.05) is 6.61 Å². The number of phenols is 1. The number of benzene rings is 2. The van der Waals surface area contributed by atoms with Crippen LogP contribution in [0.25, 0.3) is 5.69 Å². The number of para-hydroxylation sites is 1. The summed E-state index contributed by atoms with van der Waals surface area (Å²) in [6.45, 7) is 5.07. The lowest BCUT2D eigenvalue weighted by Gasteiger charge is -2.16. The summed E-state index contributed by atoms with van der Waals surface area (Å²) in [5.41, 5.74) is 2.94. The highest BCUT2D eigenvalue weighted by molar-refractivity contribution is 5.45. The van der Waals surface area contributed by atoms with Crippen LogP contribution in [0.15, 0.2) is 55.1 Å². The zero-order valence-electron chi connectivity index (χ0n) is 14.4. The first-order chi connectivity index (χ1) is 12.2. The Morgan fingerprint density at radius 2 is 2.00 bits per heavy atom. The number of aromatic hydroxyl groups is 1. The van der Waals surface area contributed by atoms with Crippen molar-refractivity contribution in [2.45, 2.75) is 26.4 Å². The van der Waals surface area contributed by atoms with Crippen molar-refractivity contribution in [3.63, 3.8) is 0 Å². The Bertz CT molecular complexity index is 801. The molecule has 0 radical (unpaired) electrons. The van der Waals surface area contributed by atoms with E-state index in [0.717, 1.165) is 16.8 Å². The maximum absolute atomic E-state index is 10.3. The fourth-order valence-electron chi connectivity index (χ4n) is 2.62. The number of ether oxygens (including phenoxy) is 1. The number of nitrogens with one attached hydrogen (secondary N) is 1. The molecule has 0 aliphatic rings. The van der Waals surface area contributed by atoms with Gasteiger partial charge in [-0.25, -0.2) is 9.67 Å². The second-order valence-corrected chi connectivity index (χ2v) is 5.73. The van der Waals surface area contributed by atoms with E-state index in [2.05, 4.69) is 34.5 Å². The molecule has 130 valence electrons. The van der Waals surface area contributed by atoms with E-state index in [1.54, 1.807) is 17.1 Å². The molecule has 2 aromatic carbocycles. The van der Waals surface area contributed by atoms with Gasteiger partial charge in [0.25, 0.3) is 0 Å². The molecule has 2 N–H and O–H groups in total. The Morgan fingerprint density at radius 3 is 2.68 bits per heavy atom. The van der Waals surface area contributed by atoms with Gasteiger partial charge in [-0.2, -0.15) is 5.10 Å². The predicted molar refractivity (Wildman–Crippen MR) is 95.9 cm³/mol. The first kappa shape index (κ1) is 17.0. The third-order valence-electron chi connectivity index (χ3n) is 4.06. The molecule has 1 aromatic heterocycles. The van der Waals surface area contributed by atoms with Crippen molar-refractivity contribution in [1.82, 2.24) is 20.1 Å². The molecule has 25 heavy (non-hydrogen) atoms. The highest BCUT2D eigenvalue weighted by Crippen LogP contribution is 2.30. The van der Waals surface area contributed by atoms with Crippen LogP contribution in [0.2, 0.25) is 0 Å². The average Bonchev–Trinajstić information content (AvgIpc) is 3.17. The quantitative estimate of drug-likeness (QED) is 0.692. The van der Waals surface area contributed by atoms with E-state index in [4.69, 9.17) is 4.74 Å². The molecular formula is C19H22N4O2. The van der Waals surface area contributed by atoms with Crippen LogP contribution in [0.4, 0.5) is 0 Å². The summed E-state index contributed by atoms with van der Waals surface area (Å²) in [6.07, 6.45) is 3.19. The molecule has 6 nitrogen and oxygen atoms in total. The maximum Gasteiger partial charge on any atom is 0.162 e. The minimum atomic E-state index is 0.139. The Labute approximate surface area is 147 Å². The number of rotatable bonds is 7. The second kappa shape index (κ2) is 7.81. The first-order valence-corrected chi connectivity index (χ1v) is 8.31. The third kappa shape index (κ3) is 3.97. The van der Waals surface area contributed by atoms with E-state index in [1.165, 1.54) is 6.33 Å². The van der Waals surface area contributed by atoms with Gasteiger partial charge in [0, 0.05) is 18.2 Å². The van der Waals surface area contributed by atoms with E-state index in [0.29, 0.717) is 18.9 Å². The SMILES string of the molecule is CCOc1cccc(CN[C@H](C)c2ccc(-n3cncn3)cc2)c1O. The summed E-state index contributed by atoms with van der Waals surface area (Å²) < 4.78 is 7.15. The monoisotopic (exact) mass is 338 g/mol. The Kier molecular flexibility index (Phi) is 5.30. The molecule has 6 heteroatoms. The smallest absolute Gasteiger partial charge is 0.162 e. The van der Waals surface area contributed by atoms with E-state index >= 15 is 0 Å². The van der Waals surface area contributed by atoms with E-state index in [1.807, 2.05) is 31.2 Å². The minimum absolute atomic E-state index is 0.139. The van der Waals surface area contributed by atoms with Gasteiger partial charge in [-0.1, -0.05) is 24.3 Å². The van der Waals surface area contributed by atoms with Crippen LogP contribution in [-0.2, 0) is 6.54 Å². The molecule has 1 heterocycles. The third-order valence-corrected chi connectivity index (χ3v) is 4.06. The Hall–Kier alpha value is -2.86. The van der Waals surface area contributed by atoms with Crippen molar-refractivity contribution in [3.05, 3.63) is 66.2 Å². The van der Waals surface area contributed by atoms with Gasteiger partial charge in [0.05, 0.1) is 12.3 Å². The lowest BCUT2D eigenvalue weighted by molar-refractivity contribution is 0.316. The molecular weight excluding hydrogens is 316 g/mol. The summed E-state index contributed by atoms with van der Waals surface area (Å²) in [5, 5.41) is 17.8. The molecule has 0 bridgehead atoms.